The summed E-state index contributed by atoms with van der Waals surface area (Å²) in [6.45, 7) is 0. The predicted molar refractivity (Wildman–Crippen MR) is 51.9 cm³/mol. The molecule has 0 amide bonds. The second-order valence-electron chi connectivity index (χ2n) is 2.71. The van der Waals surface area contributed by atoms with Crippen molar-refractivity contribution in [3.8, 4) is 11.2 Å². The first-order valence-corrected chi connectivity index (χ1v) is 4.83. The normalized spacial score (nSPS) is 11.8. The Labute approximate surface area is 92.8 Å². The van der Waals surface area contributed by atoms with Gasteiger partial charge in [0.2, 0.25) is 0 Å². The molecule has 1 aromatic carbocycles. The quantitative estimate of drug-likeness (QED) is 0.540. The van der Waals surface area contributed by atoms with Crippen molar-refractivity contribution >= 4 is 11.8 Å². The van der Waals surface area contributed by atoms with Gasteiger partial charge in [0.25, 0.3) is 0 Å². The summed E-state index contributed by atoms with van der Waals surface area (Å²) in [6.07, 6.45) is -5.58. The molecule has 1 rings (SSSR count). The van der Waals surface area contributed by atoms with E-state index in [1.165, 1.54) is 12.1 Å². The maximum atomic E-state index is 12.4. The number of halogens is 5. The fourth-order valence-corrected chi connectivity index (χ4v) is 1.14. The van der Waals surface area contributed by atoms with Crippen LogP contribution in [0.5, 0.6) is 0 Å². The molecular weight excluding hydrogens is 247 g/mol. The molecule has 0 heterocycles. The van der Waals surface area contributed by atoms with Gasteiger partial charge in [-0.2, -0.15) is 22.0 Å². The molecule has 1 aromatic rings. The average Bonchev–Trinajstić information content (AvgIpc) is 2.17. The molecule has 86 valence electrons. The maximum absolute atomic E-state index is 12.4. The fraction of sp³-hybridized carbons (Fsp3) is 0.200. The van der Waals surface area contributed by atoms with Crippen molar-refractivity contribution in [2.45, 2.75) is 11.4 Å². The van der Waals surface area contributed by atoms with E-state index in [4.69, 9.17) is 0 Å². The predicted octanol–water partition coefficient (Wildman–Crippen LogP) is 3.88. The molecule has 0 aliphatic rings. The number of thioether (sulfide) groups is 1. The van der Waals surface area contributed by atoms with Crippen LogP contribution in [0.25, 0.3) is 0 Å². The Kier molecular flexibility index (Phi) is 3.81. The Morgan fingerprint density at radius 3 is 2.00 bits per heavy atom. The van der Waals surface area contributed by atoms with Gasteiger partial charge in [0.1, 0.15) is 0 Å². The number of hydrogen-bond donors (Lipinski definition) is 0. The zero-order chi connectivity index (χ0) is 12.2. The van der Waals surface area contributed by atoms with Crippen LogP contribution in [-0.2, 0) is 0 Å². The van der Waals surface area contributed by atoms with Gasteiger partial charge >= 0.3 is 11.4 Å². The van der Waals surface area contributed by atoms with Gasteiger partial charge in [-0.25, -0.2) is 0 Å². The second kappa shape index (κ2) is 4.74. The molecule has 0 aliphatic carbocycles. The Balaban J connectivity index is 2.69. The van der Waals surface area contributed by atoms with Crippen LogP contribution in [0.2, 0.25) is 0 Å². The van der Waals surface area contributed by atoms with Crippen molar-refractivity contribution < 1.29 is 22.0 Å². The van der Waals surface area contributed by atoms with Gasteiger partial charge in [-0.05, 0) is 17.4 Å². The smallest absolute Gasteiger partial charge is 0.183 e. The highest BCUT2D eigenvalue weighted by Gasteiger charge is 2.58. The van der Waals surface area contributed by atoms with Crippen molar-refractivity contribution in [1.29, 1.82) is 0 Å². The molecule has 0 N–H and O–H groups in total. The first-order chi connectivity index (χ1) is 7.33. The van der Waals surface area contributed by atoms with E-state index in [1.54, 1.807) is 23.5 Å². The number of rotatable bonds is 1. The number of alkyl halides is 5. The van der Waals surface area contributed by atoms with Crippen LogP contribution in [0.4, 0.5) is 22.0 Å². The largest absolute Gasteiger partial charge is 0.465 e. The molecule has 0 aromatic heterocycles. The van der Waals surface area contributed by atoms with Gasteiger partial charge in [0.15, 0.2) is 0 Å². The highest BCUT2D eigenvalue weighted by Crippen LogP contribution is 2.43. The van der Waals surface area contributed by atoms with Crippen LogP contribution < -0.4 is 0 Å². The van der Waals surface area contributed by atoms with E-state index >= 15 is 0 Å². The van der Waals surface area contributed by atoms with E-state index in [1.807, 2.05) is 0 Å². The van der Waals surface area contributed by atoms with Crippen LogP contribution in [0.1, 0.15) is 5.56 Å². The van der Waals surface area contributed by atoms with Crippen LogP contribution in [-0.4, -0.2) is 11.4 Å². The van der Waals surface area contributed by atoms with E-state index in [2.05, 4.69) is 5.92 Å². The molecule has 0 saturated heterocycles. The minimum absolute atomic E-state index is 0.382. The van der Waals surface area contributed by atoms with E-state index in [0.29, 0.717) is 5.56 Å². The molecule has 6 heteroatoms. The summed E-state index contributed by atoms with van der Waals surface area (Å²) in [5, 5.41) is -3.09. The molecule has 0 radical (unpaired) electrons. The van der Waals surface area contributed by atoms with Gasteiger partial charge in [-0.15, -0.1) is 0 Å². The van der Waals surface area contributed by atoms with Crippen molar-refractivity contribution in [3.05, 3.63) is 35.9 Å². The summed E-state index contributed by atoms with van der Waals surface area (Å²) >= 11 is -0.739. The summed E-state index contributed by atoms with van der Waals surface area (Å²) in [7, 11) is 0. The molecule has 0 spiro atoms. The first kappa shape index (κ1) is 12.8. The summed E-state index contributed by atoms with van der Waals surface area (Å²) < 4.78 is 59.9. The minimum Gasteiger partial charge on any atom is -0.183 e. The van der Waals surface area contributed by atoms with Gasteiger partial charge < -0.3 is 0 Å². The monoisotopic (exact) mass is 252 g/mol. The van der Waals surface area contributed by atoms with Crippen molar-refractivity contribution in [3.63, 3.8) is 0 Å². The lowest BCUT2D eigenvalue weighted by atomic mass is 10.2. The summed E-state index contributed by atoms with van der Waals surface area (Å²) in [6, 6.07) is 7.92. The zero-order valence-corrected chi connectivity index (χ0v) is 8.50. The lowest BCUT2D eigenvalue weighted by Gasteiger charge is -2.15. The fourth-order valence-electron chi connectivity index (χ4n) is 0.728. The van der Waals surface area contributed by atoms with Crippen LogP contribution in [0.15, 0.2) is 30.3 Å². The minimum atomic E-state index is -5.58. The molecule has 0 bridgehead atoms. The van der Waals surface area contributed by atoms with E-state index in [9.17, 15) is 22.0 Å². The second-order valence-corrected chi connectivity index (χ2v) is 3.63. The number of hydrogen-bond acceptors (Lipinski definition) is 1. The molecule has 16 heavy (non-hydrogen) atoms. The third-order valence-electron chi connectivity index (χ3n) is 1.48. The van der Waals surface area contributed by atoms with Crippen LogP contribution >= 0.6 is 11.8 Å². The maximum Gasteiger partial charge on any atom is 0.465 e. The van der Waals surface area contributed by atoms with Gasteiger partial charge in [-0.3, -0.25) is 0 Å². The average molecular weight is 252 g/mol. The lowest BCUT2D eigenvalue weighted by Crippen LogP contribution is -2.32. The topological polar surface area (TPSA) is 0 Å². The molecule has 0 aliphatic heterocycles. The van der Waals surface area contributed by atoms with Gasteiger partial charge in [0.05, 0.1) is 0 Å². The summed E-state index contributed by atoms with van der Waals surface area (Å²) in [4.78, 5) is 0. The molecule has 0 atom stereocenters. The highest BCUT2D eigenvalue weighted by atomic mass is 32.2. The Bertz CT molecular complexity index is 399. The van der Waals surface area contributed by atoms with Crippen molar-refractivity contribution in [2.75, 3.05) is 0 Å². The standard InChI is InChI=1S/C10H5F5S/c11-9(12,13)10(14,15)16-7-6-8-4-2-1-3-5-8/h1-5H. The highest BCUT2D eigenvalue weighted by molar-refractivity contribution is 8.04. The zero-order valence-electron chi connectivity index (χ0n) is 7.68. The summed E-state index contributed by atoms with van der Waals surface area (Å²) in [5.74, 6) is 2.21. The van der Waals surface area contributed by atoms with Gasteiger partial charge in [-0.1, -0.05) is 24.1 Å². The Hall–Kier alpha value is -1.22. The van der Waals surface area contributed by atoms with Gasteiger partial charge in [0, 0.05) is 17.3 Å². The molecular formula is C10H5F5S. The lowest BCUT2D eigenvalue weighted by molar-refractivity contribution is -0.237. The Morgan fingerprint density at radius 1 is 0.938 bits per heavy atom. The van der Waals surface area contributed by atoms with Crippen LogP contribution in [0, 0.1) is 11.2 Å². The van der Waals surface area contributed by atoms with Crippen molar-refractivity contribution in [1.82, 2.24) is 0 Å². The molecule has 0 unspecified atom stereocenters. The van der Waals surface area contributed by atoms with E-state index in [-0.39, 0.29) is 0 Å². The third kappa shape index (κ3) is 3.42. The van der Waals surface area contributed by atoms with E-state index < -0.39 is 23.2 Å². The summed E-state index contributed by atoms with van der Waals surface area (Å²) in [5.41, 5.74) is 0.382. The van der Waals surface area contributed by atoms with Crippen molar-refractivity contribution in [2.24, 2.45) is 0 Å². The molecule has 0 saturated carbocycles. The Morgan fingerprint density at radius 2 is 1.50 bits per heavy atom. The third-order valence-corrected chi connectivity index (χ3v) is 2.17. The van der Waals surface area contributed by atoms with E-state index in [0.717, 1.165) is 0 Å². The molecule has 0 fully saturated rings. The number of benzene rings is 1. The SMILES string of the molecule is FC(F)(F)C(F)(F)SC#Cc1ccccc1. The van der Waals surface area contributed by atoms with Crippen LogP contribution in [0.3, 0.4) is 0 Å². The first-order valence-electron chi connectivity index (χ1n) is 4.01. The molecule has 0 nitrogen and oxygen atoms in total.